The second-order valence-electron chi connectivity index (χ2n) is 26.5. The minimum Gasteiger partial charge on any atom is -0.502 e. The molecule has 0 saturated carbocycles. The molecular formula is C89H112Cl3F3N2O4. The average Bonchev–Trinajstić information content (AvgIpc) is 1.09. The van der Waals surface area contributed by atoms with Gasteiger partial charge in [-0.3, -0.25) is 4.57 Å². The van der Waals surface area contributed by atoms with Gasteiger partial charge in [-0.2, -0.15) is 18.2 Å². The SMILES string of the molecule is C=COCCCCCCCCCCCC.CC(C)(C=O)c1ccccc1.CCCCCCCCCCCCOC=C(F)Cl.Cc1ccc(C)n1C(=Nc1c(C(C)C)cccc1C(C)C)Oc1c(-c2ccccc2)c(-c2ccccc2)cc(-c2ccccc2)c1-c1ccccc1.FC(Cl)=C(F)Cl. The molecule has 8 rings (SSSR count). The number of hydrogen-bond acceptors (Lipinski definition) is 5. The highest BCUT2D eigenvalue weighted by molar-refractivity contribution is 6.37. The molecule has 0 N–H and O–H groups in total. The number of halogens is 6. The van der Waals surface area contributed by atoms with Crippen molar-refractivity contribution >= 4 is 52.8 Å². The number of hydrogen-bond donors (Lipinski definition) is 0. The van der Waals surface area contributed by atoms with Crippen LogP contribution in [0.1, 0.15) is 224 Å². The second kappa shape index (κ2) is 49.9. The molecule has 12 heteroatoms. The lowest BCUT2D eigenvalue weighted by Gasteiger charge is -2.25. The van der Waals surface area contributed by atoms with E-state index in [0.29, 0.717) is 12.6 Å². The van der Waals surface area contributed by atoms with Crippen LogP contribution in [-0.2, 0) is 19.7 Å². The van der Waals surface area contributed by atoms with Crippen molar-refractivity contribution in [2.24, 2.45) is 4.99 Å². The number of aryl methyl sites for hydroxylation is 2. The first-order chi connectivity index (χ1) is 48.8. The summed E-state index contributed by atoms with van der Waals surface area (Å²) in [5, 5.41) is -3.79. The number of aliphatic imine (C=N–C) groups is 1. The van der Waals surface area contributed by atoms with Crippen LogP contribution >= 0.6 is 34.8 Å². The fraction of sp³-hybridized carbons (Fsp3) is 0.393. The van der Waals surface area contributed by atoms with Crippen molar-refractivity contribution in [2.45, 2.75) is 215 Å². The van der Waals surface area contributed by atoms with E-state index in [9.17, 15) is 18.0 Å². The van der Waals surface area contributed by atoms with Gasteiger partial charge in [-0.05, 0) is 155 Å². The van der Waals surface area contributed by atoms with Crippen molar-refractivity contribution in [3.8, 4) is 50.3 Å². The van der Waals surface area contributed by atoms with Gasteiger partial charge in [-0.15, -0.1) is 0 Å². The molecule has 101 heavy (non-hydrogen) atoms. The van der Waals surface area contributed by atoms with Gasteiger partial charge in [0.1, 0.15) is 18.3 Å². The first-order valence-electron chi connectivity index (χ1n) is 36.5. The van der Waals surface area contributed by atoms with Crippen LogP contribution in [0.5, 0.6) is 5.75 Å². The molecule has 0 aliphatic rings. The molecule has 0 aliphatic carbocycles. The summed E-state index contributed by atoms with van der Waals surface area (Å²) in [6.07, 6.45) is 30.1. The van der Waals surface area contributed by atoms with Crippen LogP contribution in [0.15, 0.2) is 228 Å². The van der Waals surface area contributed by atoms with Gasteiger partial charge in [0.2, 0.25) is 15.9 Å². The van der Waals surface area contributed by atoms with E-state index in [4.69, 9.17) is 30.8 Å². The van der Waals surface area contributed by atoms with Crippen molar-refractivity contribution in [1.29, 1.82) is 0 Å². The van der Waals surface area contributed by atoms with E-state index in [1.165, 1.54) is 133 Å². The molecular weight excluding hydrogens is 1320 g/mol. The number of para-hydroxylation sites is 1. The minimum atomic E-state index is -1.50. The van der Waals surface area contributed by atoms with Gasteiger partial charge in [0, 0.05) is 27.9 Å². The number of unbranched alkanes of at least 4 members (excludes halogenated alkanes) is 18. The standard InChI is InChI=1S/C49H46N2O.C14H26ClFO.C14H28O.C10H12O.C2Cl2F2/c1-33(2)41-28-19-29-42(34(3)4)47(41)50-49(51-35(5)30-31-36(51)6)52-48-45(39-24-15-9-16-25-39)43(37-20-11-7-12-21-37)32-44(38-22-13-8-14-23-38)46(48)40-26-17-10-18-27-40;1-2-3-4-5-6-7-8-9-10-11-12-17-13-14(15)16;1-3-5-6-7-8-9-10-11-12-13-14-15-4-2;1-10(2,8-11)9-6-4-3-5-7-9;3-1(5)2(4)6/h7-34H,1-6H3;13H,2-12H2,1H3;4H,2-3,5-14H2,1H3;3-8H,1-2H3;. The number of carbonyl (C=O) groups excluding carboxylic acids is 1. The van der Waals surface area contributed by atoms with E-state index < -0.39 is 15.9 Å². The number of benzene rings is 7. The Kier molecular flexibility index (Phi) is 42.4. The van der Waals surface area contributed by atoms with E-state index in [-0.39, 0.29) is 17.3 Å². The van der Waals surface area contributed by atoms with Crippen molar-refractivity contribution in [2.75, 3.05) is 13.2 Å². The molecule has 0 fully saturated rings. The van der Waals surface area contributed by atoms with Gasteiger partial charge in [0.05, 0.1) is 25.2 Å². The Morgan fingerprint density at radius 2 is 0.832 bits per heavy atom. The van der Waals surface area contributed by atoms with Gasteiger partial charge in [0.25, 0.3) is 0 Å². The third-order valence-corrected chi connectivity index (χ3v) is 17.8. The fourth-order valence-corrected chi connectivity index (χ4v) is 11.7. The van der Waals surface area contributed by atoms with Gasteiger partial charge in [-0.1, -0.05) is 334 Å². The first kappa shape index (κ1) is 85.8. The summed E-state index contributed by atoms with van der Waals surface area (Å²) in [5.41, 5.74) is 14.8. The number of rotatable bonds is 34. The Bertz CT molecular complexity index is 3500. The topological polar surface area (TPSA) is 62.0 Å². The molecule has 0 aliphatic heterocycles. The minimum absolute atomic E-state index is 0.274. The van der Waals surface area contributed by atoms with Crippen molar-refractivity contribution in [3.05, 3.63) is 251 Å². The van der Waals surface area contributed by atoms with Crippen LogP contribution in [0.4, 0.5) is 18.9 Å². The monoisotopic (exact) mass is 1430 g/mol. The van der Waals surface area contributed by atoms with Gasteiger partial charge in [-0.25, -0.2) is 0 Å². The lowest BCUT2D eigenvalue weighted by molar-refractivity contribution is -0.111. The summed E-state index contributed by atoms with van der Waals surface area (Å²) in [6.45, 7) is 26.5. The molecule has 0 radical (unpaired) electrons. The predicted octanol–water partition coefficient (Wildman–Crippen LogP) is 29.3. The smallest absolute Gasteiger partial charge is 0.307 e. The lowest BCUT2D eigenvalue weighted by atomic mass is 9.84. The van der Waals surface area contributed by atoms with Crippen LogP contribution in [0.25, 0.3) is 44.5 Å². The maximum Gasteiger partial charge on any atom is 0.307 e. The molecule has 8 aromatic rings. The van der Waals surface area contributed by atoms with Crippen LogP contribution in [0.3, 0.4) is 0 Å². The van der Waals surface area contributed by atoms with Gasteiger partial charge < -0.3 is 19.0 Å². The Morgan fingerprint density at radius 1 is 0.485 bits per heavy atom. The third kappa shape index (κ3) is 31.7. The molecule has 1 heterocycles. The number of carbonyl (C=O) groups is 1. The second-order valence-corrected chi connectivity index (χ2v) is 27.5. The summed E-state index contributed by atoms with van der Waals surface area (Å²) in [6, 6.07) is 66.0. The summed E-state index contributed by atoms with van der Waals surface area (Å²) >= 11 is 13.6. The molecule has 0 spiro atoms. The Morgan fingerprint density at radius 3 is 1.17 bits per heavy atom. The van der Waals surface area contributed by atoms with Crippen LogP contribution < -0.4 is 4.74 Å². The Labute approximate surface area is 620 Å². The first-order valence-corrected chi connectivity index (χ1v) is 37.7. The molecule has 6 nitrogen and oxygen atoms in total. The van der Waals surface area contributed by atoms with E-state index in [1.54, 1.807) is 0 Å². The maximum atomic E-state index is 12.0. The van der Waals surface area contributed by atoms with Gasteiger partial charge in [0.15, 0.2) is 0 Å². The summed E-state index contributed by atoms with van der Waals surface area (Å²) in [5.74, 6) is 1.31. The largest absolute Gasteiger partial charge is 0.502 e. The molecule has 7 aromatic carbocycles. The van der Waals surface area contributed by atoms with Crippen LogP contribution in [0, 0.1) is 13.8 Å². The van der Waals surface area contributed by atoms with Gasteiger partial charge >= 0.3 is 6.02 Å². The van der Waals surface area contributed by atoms with E-state index in [1.807, 2.05) is 44.2 Å². The highest BCUT2D eigenvalue weighted by Gasteiger charge is 2.28. The molecule has 0 amide bonds. The normalized spacial score (nSPS) is 11.6. The zero-order valence-electron chi connectivity index (χ0n) is 61.8. The quantitative estimate of drug-likeness (QED) is 0.0133. The number of ether oxygens (including phenoxy) is 3. The van der Waals surface area contributed by atoms with Crippen molar-refractivity contribution < 1.29 is 32.2 Å². The molecule has 0 unspecified atom stereocenters. The zero-order valence-corrected chi connectivity index (χ0v) is 64.1. The molecule has 0 bridgehead atoms. The third-order valence-electron chi connectivity index (χ3n) is 17.3. The predicted molar refractivity (Wildman–Crippen MR) is 427 cm³/mol. The Balaban J connectivity index is 0.000000356. The molecule has 0 atom stereocenters. The lowest BCUT2D eigenvalue weighted by Crippen LogP contribution is -2.23. The summed E-state index contributed by atoms with van der Waals surface area (Å²) in [7, 11) is 0. The fourth-order valence-electron chi connectivity index (χ4n) is 11.6. The van der Waals surface area contributed by atoms with E-state index >= 15 is 0 Å². The summed E-state index contributed by atoms with van der Waals surface area (Å²) < 4.78 is 53.7. The van der Waals surface area contributed by atoms with Crippen molar-refractivity contribution in [3.63, 3.8) is 0 Å². The number of aromatic nitrogens is 1. The highest BCUT2D eigenvalue weighted by Crippen LogP contribution is 2.51. The zero-order chi connectivity index (χ0) is 73.6. The summed E-state index contributed by atoms with van der Waals surface area (Å²) in [4.78, 5) is 16.2. The maximum absolute atomic E-state index is 12.0. The molecule has 0 saturated heterocycles. The number of aldehydes is 1. The molecule has 1 aromatic heterocycles. The Hall–Kier alpha value is -7.56. The van der Waals surface area contributed by atoms with Crippen LogP contribution in [0.2, 0.25) is 0 Å². The van der Waals surface area contributed by atoms with Crippen LogP contribution in [-0.4, -0.2) is 30.1 Å². The number of nitrogens with zero attached hydrogens (tertiary/aromatic N) is 2. The van der Waals surface area contributed by atoms with Crippen molar-refractivity contribution in [1.82, 2.24) is 4.57 Å². The average molecular weight is 1440 g/mol. The van der Waals surface area contributed by atoms with E-state index in [2.05, 4.69) is 247 Å². The highest BCUT2D eigenvalue weighted by atomic mass is 35.5. The van der Waals surface area contributed by atoms with E-state index in [0.717, 1.165) is 105 Å². The molecule has 544 valence electrons.